The van der Waals surface area contributed by atoms with Gasteiger partial charge in [-0.05, 0) is 0 Å². The number of hydrogen-bond donors (Lipinski definition) is 0. The van der Waals surface area contributed by atoms with E-state index in [2.05, 4.69) is 14.4 Å². The van der Waals surface area contributed by atoms with E-state index in [9.17, 15) is 4.79 Å². The van der Waals surface area contributed by atoms with E-state index in [4.69, 9.17) is 0 Å². The lowest BCUT2D eigenvalue weighted by Crippen LogP contribution is -2.04. The second-order valence-electron chi connectivity index (χ2n) is 1.74. The SMILES string of the molecule is COC(=O)Cc1ccon1. The number of rotatable bonds is 2. The lowest BCUT2D eigenvalue weighted by Gasteiger charge is -1.91. The van der Waals surface area contributed by atoms with Crippen molar-refractivity contribution in [2.75, 3.05) is 7.11 Å². The summed E-state index contributed by atoms with van der Waals surface area (Å²) in [6, 6.07) is 1.62. The fourth-order valence-electron chi connectivity index (χ4n) is 0.549. The Morgan fingerprint density at radius 2 is 2.70 bits per heavy atom. The Bertz CT molecular complexity index is 205. The summed E-state index contributed by atoms with van der Waals surface area (Å²) < 4.78 is 8.91. The number of carbonyl (C=O) groups is 1. The van der Waals surface area contributed by atoms with E-state index in [0.717, 1.165) is 0 Å². The number of carbonyl (C=O) groups excluding carboxylic acids is 1. The maximum atomic E-state index is 10.6. The summed E-state index contributed by atoms with van der Waals surface area (Å²) in [5, 5.41) is 3.53. The van der Waals surface area contributed by atoms with Gasteiger partial charge in [-0.3, -0.25) is 4.79 Å². The molecule has 4 heteroatoms. The van der Waals surface area contributed by atoms with Crippen molar-refractivity contribution in [2.24, 2.45) is 0 Å². The fraction of sp³-hybridized carbons (Fsp3) is 0.333. The summed E-state index contributed by atoms with van der Waals surface area (Å²) in [6.45, 7) is 0. The zero-order valence-corrected chi connectivity index (χ0v) is 5.53. The van der Waals surface area contributed by atoms with Crippen LogP contribution < -0.4 is 0 Å². The molecule has 4 nitrogen and oxygen atoms in total. The Morgan fingerprint density at radius 1 is 1.90 bits per heavy atom. The molecule has 1 aromatic heterocycles. The third-order valence-electron chi connectivity index (χ3n) is 1.04. The third-order valence-corrected chi connectivity index (χ3v) is 1.04. The lowest BCUT2D eigenvalue weighted by atomic mass is 10.3. The van der Waals surface area contributed by atoms with Crippen LogP contribution in [0.1, 0.15) is 5.69 Å². The molecule has 54 valence electrons. The van der Waals surface area contributed by atoms with Crippen LogP contribution in [0.15, 0.2) is 16.9 Å². The average Bonchev–Trinajstić information content (AvgIpc) is 2.40. The van der Waals surface area contributed by atoms with Crippen LogP contribution >= 0.6 is 0 Å². The van der Waals surface area contributed by atoms with Crippen molar-refractivity contribution in [1.29, 1.82) is 0 Å². The molecule has 0 fully saturated rings. The molecule has 0 aliphatic rings. The summed E-state index contributed by atoms with van der Waals surface area (Å²) >= 11 is 0. The highest BCUT2D eigenvalue weighted by Gasteiger charge is 2.03. The van der Waals surface area contributed by atoms with Crippen LogP contribution in [0.5, 0.6) is 0 Å². The normalized spacial score (nSPS) is 9.30. The second kappa shape index (κ2) is 3.00. The molecule has 0 radical (unpaired) electrons. The standard InChI is InChI=1S/C6H7NO3/c1-9-6(8)4-5-2-3-10-7-5/h2-3H,4H2,1H3. The first-order chi connectivity index (χ1) is 4.83. The molecule has 0 aromatic carbocycles. The number of nitrogens with zero attached hydrogens (tertiary/aromatic N) is 1. The first-order valence-corrected chi connectivity index (χ1v) is 2.79. The van der Waals surface area contributed by atoms with Crippen LogP contribution in [0, 0.1) is 0 Å². The zero-order valence-electron chi connectivity index (χ0n) is 5.53. The Hall–Kier alpha value is -1.32. The monoisotopic (exact) mass is 141 g/mol. The van der Waals surface area contributed by atoms with Crippen LogP contribution in [0.25, 0.3) is 0 Å². The highest BCUT2D eigenvalue weighted by atomic mass is 16.5. The summed E-state index contributed by atoms with van der Waals surface area (Å²) in [4.78, 5) is 10.6. The van der Waals surface area contributed by atoms with E-state index in [1.807, 2.05) is 0 Å². The number of ether oxygens (including phenoxy) is 1. The van der Waals surface area contributed by atoms with Crippen molar-refractivity contribution in [3.63, 3.8) is 0 Å². The summed E-state index contributed by atoms with van der Waals surface area (Å²) in [5.41, 5.74) is 0.590. The minimum absolute atomic E-state index is 0.174. The van der Waals surface area contributed by atoms with Crippen molar-refractivity contribution < 1.29 is 14.1 Å². The zero-order chi connectivity index (χ0) is 7.40. The van der Waals surface area contributed by atoms with E-state index in [-0.39, 0.29) is 12.4 Å². The summed E-state index contributed by atoms with van der Waals surface area (Å²) in [6.07, 6.45) is 1.59. The molecule has 0 saturated carbocycles. The van der Waals surface area contributed by atoms with Gasteiger partial charge in [-0.25, -0.2) is 0 Å². The number of aromatic nitrogens is 1. The molecule has 0 spiro atoms. The molecule has 0 bridgehead atoms. The molecule has 0 atom stereocenters. The van der Waals surface area contributed by atoms with Crippen molar-refractivity contribution in [3.8, 4) is 0 Å². The van der Waals surface area contributed by atoms with Crippen molar-refractivity contribution in [1.82, 2.24) is 5.16 Å². The average molecular weight is 141 g/mol. The van der Waals surface area contributed by atoms with E-state index in [1.165, 1.54) is 13.4 Å². The van der Waals surface area contributed by atoms with Gasteiger partial charge in [-0.2, -0.15) is 0 Å². The Balaban J connectivity index is 2.48. The van der Waals surface area contributed by atoms with Gasteiger partial charge in [0.2, 0.25) is 0 Å². The first kappa shape index (κ1) is 6.80. The van der Waals surface area contributed by atoms with Gasteiger partial charge in [0.1, 0.15) is 6.26 Å². The lowest BCUT2D eigenvalue weighted by molar-refractivity contribution is -0.139. The molecule has 0 N–H and O–H groups in total. The Labute approximate surface area is 57.8 Å². The van der Waals surface area contributed by atoms with E-state index < -0.39 is 0 Å². The van der Waals surface area contributed by atoms with Crippen molar-refractivity contribution in [3.05, 3.63) is 18.0 Å². The predicted octanol–water partition coefficient (Wildman–Crippen LogP) is 0.390. The van der Waals surface area contributed by atoms with Crippen LogP contribution in [0.2, 0.25) is 0 Å². The number of hydrogen-bond acceptors (Lipinski definition) is 4. The molecule has 0 saturated heterocycles. The van der Waals surface area contributed by atoms with Crippen LogP contribution in [0.4, 0.5) is 0 Å². The van der Waals surface area contributed by atoms with Gasteiger partial charge in [-0.1, -0.05) is 5.16 Å². The smallest absolute Gasteiger partial charge is 0.311 e. The molecule has 0 aliphatic heterocycles. The first-order valence-electron chi connectivity index (χ1n) is 2.79. The molecule has 1 heterocycles. The van der Waals surface area contributed by atoms with E-state index in [1.54, 1.807) is 6.07 Å². The van der Waals surface area contributed by atoms with Crippen molar-refractivity contribution in [2.45, 2.75) is 6.42 Å². The highest BCUT2D eigenvalue weighted by molar-refractivity contribution is 5.71. The molecule has 1 aromatic rings. The van der Waals surface area contributed by atoms with Gasteiger partial charge >= 0.3 is 5.97 Å². The number of esters is 1. The predicted molar refractivity (Wildman–Crippen MR) is 32.2 cm³/mol. The maximum absolute atomic E-state index is 10.6. The molecule has 0 unspecified atom stereocenters. The molecule has 0 aliphatic carbocycles. The largest absolute Gasteiger partial charge is 0.469 e. The molecule has 1 rings (SSSR count). The van der Waals surface area contributed by atoms with Gasteiger partial charge in [0.25, 0.3) is 0 Å². The maximum Gasteiger partial charge on any atom is 0.311 e. The van der Waals surface area contributed by atoms with Gasteiger partial charge in [0.05, 0.1) is 19.2 Å². The Kier molecular flexibility index (Phi) is 2.04. The van der Waals surface area contributed by atoms with Gasteiger partial charge in [-0.15, -0.1) is 0 Å². The summed E-state index contributed by atoms with van der Waals surface area (Å²) in [7, 11) is 1.34. The second-order valence-corrected chi connectivity index (χ2v) is 1.74. The van der Waals surface area contributed by atoms with Crippen LogP contribution in [0.3, 0.4) is 0 Å². The highest BCUT2D eigenvalue weighted by Crippen LogP contribution is 1.95. The molecule has 10 heavy (non-hydrogen) atoms. The third kappa shape index (κ3) is 1.58. The fourth-order valence-corrected chi connectivity index (χ4v) is 0.549. The van der Waals surface area contributed by atoms with Crippen molar-refractivity contribution >= 4 is 5.97 Å². The molecular formula is C6H7NO3. The van der Waals surface area contributed by atoms with Crippen LogP contribution in [-0.4, -0.2) is 18.2 Å². The summed E-state index contributed by atoms with van der Waals surface area (Å²) in [5.74, 6) is -0.311. The molecule has 0 amide bonds. The minimum atomic E-state index is -0.311. The number of methoxy groups -OCH3 is 1. The minimum Gasteiger partial charge on any atom is -0.469 e. The van der Waals surface area contributed by atoms with Gasteiger partial charge < -0.3 is 9.26 Å². The quantitative estimate of drug-likeness (QED) is 0.559. The van der Waals surface area contributed by atoms with Crippen LogP contribution in [-0.2, 0) is 16.0 Å². The van der Waals surface area contributed by atoms with E-state index >= 15 is 0 Å². The van der Waals surface area contributed by atoms with Gasteiger partial charge in [0, 0.05) is 6.07 Å². The Morgan fingerprint density at radius 3 is 3.20 bits per heavy atom. The van der Waals surface area contributed by atoms with E-state index in [0.29, 0.717) is 5.69 Å². The molecular weight excluding hydrogens is 134 g/mol. The van der Waals surface area contributed by atoms with Gasteiger partial charge in [0.15, 0.2) is 0 Å². The topological polar surface area (TPSA) is 52.3 Å².